The third kappa shape index (κ3) is 5.20. The Bertz CT molecular complexity index is 540. The van der Waals surface area contributed by atoms with Gasteiger partial charge < -0.3 is 10.1 Å². The Balaban J connectivity index is 1.33. The van der Waals surface area contributed by atoms with E-state index in [0.717, 1.165) is 61.0 Å². The summed E-state index contributed by atoms with van der Waals surface area (Å²) in [7, 11) is 0. The maximum absolute atomic E-state index is 5.36. The first-order valence-corrected chi connectivity index (χ1v) is 10.1. The largest absolute Gasteiger partial charge is 0.379 e. The molecule has 0 amide bonds. The summed E-state index contributed by atoms with van der Waals surface area (Å²) in [5, 5.41) is 14.8. The molecule has 0 aromatic carbocycles. The Hall–Kier alpha value is -0.670. The van der Waals surface area contributed by atoms with E-state index < -0.39 is 0 Å². The number of rotatable bonds is 8. The molecule has 0 unspecified atom stereocenters. The minimum Gasteiger partial charge on any atom is -0.379 e. The van der Waals surface area contributed by atoms with Gasteiger partial charge in [0.2, 0.25) is 5.13 Å². The summed E-state index contributed by atoms with van der Waals surface area (Å²) in [6, 6.07) is 4.26. The molecule has 0 aliphatic carbocycles. The van der Waals surface area contributed by atoms with Crippen molar-refractivity contribution in [2.45, 2.75) is 10.8 Å². The second-order valence-corrected chi connectivity index (χ2v) is 8.28. The molecular formula is C14H20N4OS3. The van der Waals surface area contributed by atoms with E-state index in [1.807, 2.05) is 0 Å². The van der Waals surface area contributed by atoms with Gasteiger partial charge in [-0.1, -0.05) is 29.2 Å². The Kier molecular flexibility index (Phi) is 6.50. The second-order valence-electron chi connectivity index (χ2n) is 4.93. The standard InChI is InChI=1S/C14H20N4OS3/c1-2-12(20-10-1)3-4-15-13-16-17-14(22-13)21-11-7-18-5-8-19-9-6-18/h1-2,10H,3-9,11H2,(H,15,16). The molecule has 8 heteroatoms. The van der Waals surface area contributed by atoms with Crippen molar-refractivity contribution in [1.82, 2.24) is 15.1 Å². The van der Waals surface area contributed by atoms with Crippen molar-refractivity contribution in [1.29, 1.82) is 0 Å². The highest BCUT2D eigenvalue weighted by Gasteiger charge is 2.11. The monoisotopic (exact) mass is 356 g/mol. The second kappa shape index (κ2) is 8.83. The fourth-order valence-electron chi connectivity index (χ4n) is 2.17. The molecule has 1 N–H and O–H groups in total. The van der Waals surface area contributed by atoms with E-state index in [0.29, 0.717) is 0 Å². The lowest BCUT2D eigenvalue weighted by Gasteiger charge is -2.25. The number of thiophene rings is 1. The number of aromatic nitrogens is 2. The van der Waals surface area contributed by atoms with Crippen LogP contribution in [0.4, 0.5) is 5.13 Å². The molecule has 0 bridgehead atoms. The smallest absolute Gasteiger partial charge is 0.206 e. The van der Waals surface area contributed by atoms with Crippen molar-refractivity contribution in [2.75, 3.05) is 50.5 Å². The fraction of sp³-hybridized carbons (Fsp3) is 0.571. The Labute approximate surface area is 143 Å². The third-order valence-electron chi connectivity index (χ3n) is 3.37. The lowest BCUT2D eigenvalue weighted by atomic mass is 10.3. The van der Waals surface area contributed by atoms with Gasteiger partial charge in [-0.2, -0.15) is 0 Å². The van der Waals surface area contributed by atoms with Crippen molar-refractivity contribution < 1.29 is 4.74 Å². The van der Waals surface area contributed by atoms with Crippen LogP contribution in [-0.4, -0.2) is 60.2 Å². The maximum Gasteiger partial charge on any atom is 0.206 e. The highest BCUT2D eigenvalue weighted by Crippen LogP contribution is 2.25. The molecule has 1 saturated heterocycles. The van der Waals surface area contributed by atoms with E-state index in [4.69, 9.17) is 4.74 Å². The van der Waals surface area contributed by atoms with E-state index in [9.17, 15) is 0 Å². The minimum absolute atomic E-state index is 0.863. The number of hydrogen-bond donors (Lipinski definition) is 1. The molecule has 0 spiro atoms. The average molecular weight is 357 g/mol. The molecule has 2 aromatic rings. The molecule has 0 atom stereocenters. The van der Waals surface area contributed by atoms with Gasteiger partial charge in [-0.25, -0.2) is 0 Å². The predicted octanol–water partition coefficient (Wildman–Crippen LogP) is 2.68. The van der Waals surface area contributed by atoms with Gasteiger partial charge in [0.1, 0.15) is 0 Å². The van der Waals surface area contributed by atoms with Gasteiger partial charge in [0, 0.05) is 36.8 Å². The van der Waals surface area contributed by atoms with Crippen LogP contribution in [0.25, 0.3) is 0 Å². The zero-order chi connectivity index (χ0) is 15.0. The lowest BCUT2D eigenvalue weighted by molar-refractivity contribution is 0.0410. The molecule has 0 saturated carbocycles. The summed E-state index contributed by atoms with van der Waals surface area (Å²) >= 11 is 5.23. The van der Waals surface area contributed by atoms with Gasteiger partial charge in [0.25, 0.3) is 0 Å². The molecule has 3 heterocycles. The van der Waals surface area contributed by atoms with E-state index in [-0.39, 0.29) is 0 Å². The third-order valence-corrected chi connectivity index (χ3v) is 6.30. The van der Waals surface area contributed by atoms with Crippen LogP contribution in [-0.2, 0) is 11.2 Å². The first-order chi connectivity index (χ1) is 10.9. The zero-order valence-electron chi connectivity index (χ0n) is 12.4. The fourth-order valence-corrected chi connectivity index (χ4v) is 4.73. The van der Waals surface area contributed by atoms with Gasteiger partial charge in [0.05, 0.1) is 13.2 Å². The number of morpholine rings is 1. The van der Waals surface area contributed by atoms with Gasteiger partial charge >= 0.3 is 0 Å². The summed E-state index contributed by atoms with van der Waals surface area (Å²) in [5.41, 5.74) is 0. The van der Waals surface area contributed by atoms with Crippen LogP contribution in [0, 0.1) is 0 Å². The quantitative estimate of drug-likeness (QED) is 0.734. The topological polar surface area (TPSA) is 50.3 Å². The molecule has 1 aliphatic rings. The van der Waals surface area contributed by atoms with Crippen LogP contribution < -0.4 is 5.32 Å². The van der Waals surface area contributed by atoms with Gasteiger partial charge in [-0.3, -0.25) is 4.90 Å². The van der Waals surface area contributed by atoms with E-state index in [2.05, 4.69) is 37.9 Å². The number of nitrogens with one attached hydrogen (secondary N) is 1. The average Bonchev–Trinajstić information content (AvgIpc) is 3.21. The van der Waals surface area contributed by atoms with Crippen LogP contribution in [0.1, 0.15) is 4.88 Å². The van der Waals surface area contributed by atoms with Crippen LogP contribution in [0.15, 0.2) is 21.9 Å². The molecule has 1 aliphatic heterocycles. The Morgan fingerprint density at radius 1 is 1.32 bits per heavy atom. The molecule has 3 rings (SSSR count). The van der Waals surface area contributed by atoms with Crippen LogP contribution in [0.3, 0.4) is 0 Å². The van der Waals surface area contributed by atoms with Gasteiger partial charge in [-0.05, 0) is 17.9 Å². The number of nitrogens with zero attached hydrogens (tertiary/aromatic N) is 3. The zero-order valence-corrected chi connectivity index (χ0v) is 14.8. The van der Waals surface area contributed by atoms with Crippen molar-refractivity contribution in [3.8, 4) is 0 Å². The summed E-state index contributed by atoms with van der Waals surface area (Å²) in [6.45, 7) is 5.82. The molecule has 0 radical (unpaired) electrons. The number of thioether (sulfide) groups is 1. The highest BCUT2D eigenvalue weighted by atomic mass is 32.2. The first-order valence-electron chi connectivity index (χ1n) is 7.43. The summed E-state index contributed by atoms with van der Waals surface area (Å²) in [5.74, 6) is 1.06. The molecular weight excluding hydrogens is 336 g/mol. The van der Waals surface area contributed by atoms with Crippen LogP contribution in [0.5, 0.6) is 0 Å². The van der Waals surface area contributed by atoms with E-state index in [1.54, 1.807) is 34.4 Å². The van der Waals surface area contributed by atoms with E-state index >= 15 is 0 Å². The Morgan fingerprint density at radius 3 is 3.05 bits per heavy atom. The minimum atomic E-state index is 0.863. The van der Waals surface area contributed by atoms with Gasteiger partial charge in [-0.15, -0.1) is 21.5 Å². The van der Waals surface area contributed by atoms with Crippen LogP contribution >= 0.6 is 34.4 Å². The van der Waals surface area contributed by atoms with Crippen molar-refractivity contribution in [3.05, 3.63) is 22.4 Å². The van der Waals surface area contributed by atoms with Crippen molar-refractivity contribution >= 4 is 39.6 Å². The normalized spacial score (nSPS) is 16.0. The number of ether oxygens (including phenoxy) is 1. The summed E-state index contributed by atoms with van der Waals surface area (Å²) in [4.78, 5) is 3.84. The molecule has 2 aromatic heterocycles. The number of anilines is 1. The molecule has 120 valence electrons. The highest BCUT2D eigenvalue weighted by molar-refractivity contribution is 8.01. The predicted molar refractivity (Wildman–Crippen MR) is 94.4 cm³/mol. The first kappa shape index (κ1) is 16.2. The van der Waals surface area contributed by atoms with E-state index in [1.165, 1.54) is 4.88 Å². The summed E-state index contributed by atoms with van der Waals surface area (Å²) in [6.07, 6.45) is 1.04. The van der Waals surface area contributed by atoms with Gasteiger partial charge in [0.15, 0.2) is 4.34 Å². The maximum atomic E-state index is 5.36. The molecule has 22 heavy (non-hydrogen) atoms. The van der Waals surface area contributed by atoms with Crippen molar-refractivity contribution in [2.24, 2.45) is 0 Å². The molecule has 1 fully saturated rings. The SMILES string of the molecule is c1csc(CCNc2nnc(SCCN3CCOCC3)s2)c1. The summed E-state index contributed by atoms with van der Waals surface area (Å²) < 4.78 is 6.40. The van der Waals surface area contributed by atoms with Crippen LogP contribution in [0.2, 0.25) is 0 Å². The van der Waals surface area contributed by atoms with Crippen molar-refractivity contribution in [3.63, 3.8) is 0 Å². The Morgan fingerprint density at radius 2 is 2.23 bits per heavy atom. The molecule has 5 nitrogen and oxygen atoms in total. The number of hydrogen-bond acceptors (Lipinski definition) is 8. The lowest BCUT2D eigenvalue weighted by Crippen LogP contribution is -2.37.